The summed E-state index contributed by atoms with van der Waals surface area (Å²) >= 11 is 1.89. The molecule has 10 heavy (non-hydrogen) atoms. The lowest BCUT2D eigenvalue weighted by atomic mass is 10.2. The van der Waals surface area contributed by atoms with E-state index in [4.69, 9.17) is 0 Å². The maximum absolute atomic E-state index is 3.21. The first-order valence-corrected chi connectivity index (χ1v) is 4.83. The van der Waals surface area contributed by atoms with E-state index < -0.39 is 0 Å². The van der Waals surface area contributed by atoms with E-state index in [2.05, 4.69) is 24.9 Å². The zero-order valence-corrected chi connectivity index (χ0v) is 7.21. The van der Waals surface area contributed by atoms with Crippen LogP contribution in [0.1, 0.15) is 26.2 Å². The number of rotatable bonds is 3. The Morgan fingerprint density at radius 3 is 3.30 bits per heavy atom. The summed E-state index contributed by atoms with van der Waals surface area (Å²) in [5.74, 6) is 1.12. The third-order valence-corrected chi connectivity index (χ3v) is 2.38. The summed E-state index contributed by atoms with van der Waals surface area (Å²) in [6.45, 7) is 4.32. The molecule has 57 valence electrons. The van der Waals surface area contributed by atoms with Crippen molar-refractivity contribution < 1.29 is 0 Å². The number of unbranched alkanes of at least 4 members (excludes halogenated alkanes) is 2. The van der Waals surface area contributed by atoms with Gasteiger partial charge in [-0.1, -0.05) is 19.4 Å². The smallest absolute Gasteiger partial charge is 0.0644 e. The molecule has 1 saturated heterocycles. The van der Waals surface area contributed by atoms with Crippen LogP contribution in [0, 0.1) is 6.54 Å². The summed E-state index contributed by atoms with van der Waals surface area (Å²) in [5.41, 5.74) is 0. The van der Waals surface area contributed by atoms with Crippen molar-refractivity contribution in [2.75, 3.05) is 5.75 Å². The SMILES string of the molecule is CCCCC=C1N[CH]CS1. The van der Waals surface area contributed by atoms with Crippen LogP contribution < -0.4 is 5.32 Å². The van der Waals surface area contributed by atoms with Crippen LogP contribution in [0.5, 0.6) is 0 Å². The molecular weight excluding hydrogens is 142 g/mol. The van der Waals surface area contributed by atoms with Gasteiger partial charge < -0.3 is 5.32 Å². The summed E-state index contributed by atoms with van der Waals surface area (Å²) in [6, 6.07) is 0. The van der Waals surface area contributed by atoms with Crippen molar-refractivity contribution in [3.05, 3.63) is 17.6 Å². The van der Waals surface area contributed by atoms with Crippen LogP contribution in [0.4, 0.5) is 0 Å². The zero-order chi connectivity index (χ0) is 7.23. The third-order valence-electron chi connectivity index (χ3n) is 1.45. The molecule has 1 fully saturated rings. The molecule has 0 spiro atoms. The number of nitrogens with one attached hydrogen (secondary N) is 1. The zero-order valence-electron chi connectivity index (χ0n) is 6.39. The minimum absolute atomic E-state index is 1.12. The highest BCUT2D eigenvalue weighted by atomic mass is 32.2. The van der Waals surface area contributed by atoms with E-state index in [-0.39, 0.29) is 0 Å². The normalized spacial score (nSPS) is 21.5. The Bertz CT molecular complexity index is 112. The predicted octanol–water partition coefficient (Wildman–Crippen LogP) is 2.52. The first-order chi connectivity index (χ1) is 4.93. The molecule has 0 aromatic heterocycles. The average molecular weight is 156 g/mol. The van der Waals surface area contributed by atoms with E-state index in [0.717, 1.165) is 5.75 Å². The van der Waals surface area contributed by atoms with Crippen LogP contribution in [0.2, 0.25) is 0 Å². The monoisotopic (exact) mass is 156 g/mol. The second-order valence-electron chi connectivity index (χ2n) is 2.37. The van der Waals surface area contributed by atoms with E-state index in [0.29, 0.717) is 0 Å². The Labute approximate surface area is 67.3 Å². The molecule has 1 nitrogen and oxygen atoms in total. The van der Waals surface area contributed by atoms with Crippen LogP contribution in [0.3, 0.4) is 0 Å². The molecule has 0 saturated carbocycles. The van der Waals surface area contributed by atoms with E-state index in [9.17, 15) is 0 Å². The van der Waals surface area contributed by atoms with Crippen LogP contribution in [-0.2, 0) is 0 Å². The Kier molecular flexibility index (Phi) is 3.73. The predicted molar refractivity (Wildman–Crippen MR) is 47.5 cm³/mol. The molecule has 1 rings (SSSR count). The van der Waals surface area contributed by atoms with Crippen molar-refractivity contribution in [2.24, 2.45) is 0 Å². The molecule has 0 unspecified atom stereocenters. The van der Waals surface area contributed by atoms with Gasteiger partial charge >= 0.3 is 0 Å². The fraction of sp³-hybridized carbons (Fsp3) is 0.625. The lowest BCUT2D eigenvalue weighted by molar-refractivity contribution is 0.810. The van der Waals surface area contributed by atoms with Gasteiger partial charge in [-0.05, 0) is 12.8 Å². The van der Waals surface area contributed by atoms with Crippen molar-refractivity contribution in [3.8, 4) is 0 Å². The van der Waals surface area contributed by atoms with Crippen LogP contribution in [0.25, 0.3) is 0 Å². The highest BCUT2D eigenvalue weighted by Crippen LogP contribution is 2.20. The summed E-state index contributed by atoms with van der Waals surface area (Å²) < 4.78 is 0. The second kappa shape index (κ2) is 4.67. The Morgan fingerprint density at radius 2 is 2.70 bits per heavy atom. The minimum atomic E-state index is 1.12. The molecule has 0 bridgehead atoms. The van der Waals surface area contributed by atoms with Gasteiger partial charge in [0.1, 0.15) is 0 Å². The van der Waals surface area contributed by atoms with E-state index in [1.807, 2.05) is 11.8 Å². The highest BCUT2D eigenvalue weighted by molar-refractivity contribution is 8.03. The molecule has 0 atom stereocenters. The third kappa shape index (κ3) is 2.65. The lowest BCUT2D eigenvalue weighted by Crippen LogP contribution is -1.97. The van der Waals surface area contributed by atoms with Gasteiger partial charge in [-0.25, -0.2) is 0 Å². The maximum Gasteiger partial charge on any atom is 0.0644 e. The fourth-order valence-electron chi connectivity index (χ4n) is 0.871. The van der Waals surface area contributed by atoms with Crippen LogP contribution in [-0.4, -0.2) is 5.75 Å². The van der Waals surface area contributed by atoms with Crippen molar-refractivity contribution >= 4 is 11.8 Å². The van der Waals surface area contributed by atoms with Crippen molar-refractivity contribution in [3.63, 3.8) is 0 Å². The molecule has 1 aliphatic rings. The highest BCUT2D eigenvalue weighted by Gasteiger charge is 2.03. The average Bonchev–Trinajstić information content (AvgIpc) is 2.41. The quantitative estimate of drug-likeness (QED) is 0.630. The Hall–Kier alpha value is -0.110. The molecule has 1 heterocycles. The van der Waals surface area contributed by atoms with Gasteiger partial charge in [0.25, 0.3) is 0 Å². The topological polar surface area (TPSA) is 12.0 Å². The second-order valence-corrected chi connectivity index (χ2v) is 3.43. The van der Waals surface area contributed by atoms with Gasteiger partial charge in [-0.15, -0.1) is 11.8 Å². The van der Waals surface area contributed by atoms with Gasteiger partial charge in [0, 0.05) is 5.75 Å². The lowest BCUT2D eigenvalue weighted by Gasteiger charge is -1.95. The number of thioether (sulfide) groups is 1. The first-order valence-electron chi connectivity index (χ1n) is 3.84. The standard InChI is InChI=1S/C8H14NS/c1-2-3-4-5-8-9-6-7-10-8/h5-6,9H,2-4,7H2,1H3. The molecule has 0 aromatic rings. The van der Waals surface area contributed by atoms with E-state index >= 15 is 0 Å². The number of hydrogen-bond donors (Lipinski definition) is 1. The van der Waals surface area contributed by atoms with Crippen LogP contribution in [0.15, 0.2) is 11.1 Å². The largest absolute Gasteiger partial charge is 0.374 e. The van der Waals surface area contributed by atoms with Crippen molar-refractivity contribution in [2.45, 2.75) is 26.2 Å². The number of hydrogen-bond acceptors (Lipinski definition) is 2. The fourth-order valence-corrected chi connectivity index (χ4v) is 1.62. The van der Waals surface area contributed by atoms with Crippen molar-refractivity contribution in [1.29, 1.82) is 0 Å². The summed E-state index contributed by atoms with van der Waals surface area (Å²) in [6.07, 6.45) is 6.11. The summed E-state index contributed by atoms with van der Waals surface area (Å²) in [5, 5.41) is 4.56. The molecule has 1 aliphatic heterocycles. The van der Waals surface area contributed by atoms with Gasteiger partial charge in [-0.2, -0.15) is 0 Å². The molecule has 0 aliphatic carbocycles. The Balaban J connectivity index is 2.12. The van der Waals surface area contributed by atoms with Gasteiger partial charge in [0.15, 0.2) is 0 Å². The summed E-state index contributed by atoms with van der Waals surface area (Å²) in [4.78, 5) is 0. The minimum Gasteiger partial charge on any atom is -0.374 e. The molecule has 1 N–H and O–H groups in total. The number of allylic oxidation sites excluding steroid dienone is 1. The molecule has 0 amide bonds. The van der Waals surface area contributed by atoms with Gasteiger partial charge in [0.2, 0.25) is 0 Å². The Morgan fingerprint density at radius 1 is 1.80 bits per heavy atom. The summed E-state index contributed by atoms with van der Waals surface area (Å²) in [7, 11) is 0. The molecule has 1 radical (unpaired) electrons. The van der Waals surface area contributed by atoms with Crippen molar-refractivity contribution in [1.82, 2.24) is 5.32 Å². The molecule has 0 aromatic carbocycles. The first kappa shape index (κ1) is 7.99. The molecular formula is C8H14NS. The van der Waals surface area contributed by atoms with E-state index in [1.165, 1.54) is 24.3 Å². The van der Waals surface area contributed by atoms with Gasteiger partial charge in [-0.3, -0.25) is 0 Å². The van der Waals surface area contributed by atoms with Gasteiger partial charge in [0.05, 0.1) is 11.6 Å². The molecule has 2 heteroatoms. The van der Waals surface area contributed by atoms with E-state index in [1.54, 1.807) is 0 Å². The maximum atomic E-state index is 3.21. The van der Waals surface area contributed by atoms with Crippen LogP contribution >= 0.6 is 11.8 Å².